The Labute approximate surface area is 99.7 Å². The number of aromatic nitrogens is 1. The first kappa shape index (κ1) is 11.3. The van der Waals surface area contributed by atoms with E-state index in [-0.39, 0.29) is 17.0 Å². The molecule has 0 unspecified atom stereocenters. The molecule has 0 fully saturated rings. The van der Waals surface area contributed by atoms with E-state index in [9.17, 15) is 8.78 Å². The van der Waals surface area contributed by atoms with Gasteiger partial charge in [0, 0.05) is 34.1 Å². The van der Waals surface area contributed by atoms with Crippen molar-refractivity contribution >= 4 is 28.1 Å². The van der Waals surface area contributed by atoms with Gasteiger partial charge in [-0.15, -0.1) is 11.3 Å². The van der Waals surface area contributed by atoms with Crippen LogP contribution in [0, 0.1) is 11.6 Å². The third-order valence-corrected chi connectivity index (χ3v) is 3.19. The van der Waals surface area contributed by atoms with Crippen molar-refractivity contribution in [2.75, 3.05) is 5.73 Å². The Morgan fingerprint density at radius 1 is 1.38 bits per heavy atom. The monoisotopic (exact) mass is 260 g/mol. The Bertz CT molecular complexity index is 504. The highest BCUT2D eigenvalue weighted by Gasteiger charge is 2.11. The number of rotatable bonds is 2. The maximum Gasteiger partial charge on any atom is 0.180 e. The molecular formula is C10H7ClF2N2S. The number of hydrogen-bond donors (Lipinski definition) is 1. The average Bonchev–Trinajstić information content (AvgIpc) is 2.58. The van der Waals surface area contributed by atoms with Crippen molar-refractivity contribution < 1.29 is 8.78 Å². The molecule has 0 aliphatic heterocycles. The molecule has 0 saturated heterocycles. The maximum absolute atomic E-state index is 13.4. The minimum absolute atomic E-state index is 0.0736. The zero-order chi connectivity index (χ0) is 11.7. The van der Waals surface area contributed by atoms with E-state index in [1.165, 1.54) is 11.3 Å². The Morgan fingerprint density at radius 3 is 2.69 bits per heavy atom. The van der Waals surface area contributed by atoms with Crippen molar-refractivity contribution in [3.8, 4) is 0 Å². The summed E-state index contributed by atoms with van der Waals surface area (Å²) in [5.74, 6) is -1.34. The molecule has 0 atom stereocenters. The fraction of sp³-hybridized carbons (Fsp3) is 0.100. The van der Waals surface area contributed by atoms with Crippen LogP contribution >= 0.6 is 22.9 Å². The summed E-state index contributed by atoms with van der Waals surface area (Å²) < 4.78 is 26.2. The van der Waals surface area contributed by atoms with Gasteiger partial charge in [-0.25, -0.2) is 13.8 Å². The molecule has 0 radical (unpaired) electrons. The van der Waals surface area contributed by atoms with E-state index in [0.29, 0.717) is 5.13 Å². The second-order valence-corrected chi connectivity index (χ2v) is 4.74. The summed E-state index contributed by atoms with van der Waals surface area (Å²) in [5.41, 5.74) is 5.71. The zero-order valence-corrected chi connectivity index (χ0v) is 9.58. The number of anilines is 1. The number of benzene rings is 1. The van der Waals surface area contributed by atoms with Gasteiger partial charge in [-0.3, -0.25) is 0 Å². The fourth-order valence-electron chi connectivity index (χ4n) is 1.32. The number of nitrogens with zero attached hydrogens (tertiary/aromatic N) is 1. The Kier molecular flexibility index (Phi) is 3.07. The normalized spacial score (nSPS) is 10.7. The van der Waals surface area contributed by atoms with Crippen molar-refractivity contribution in [1.82, 2.24) is 4.98 Å². The number of halogens is 3. The maximum atomic E-state index is 13.4. The predicted molar refractivity (Wildman–Crippen MR) is 60.7 cm³/mol. The van der Waals surface area contributed by atoms with Gasteiger partial charge in [-0.05, 0) is 6.07 Å². The molecule has 0 spiro atoms. The summed E-state index contributed by atoms with van der Waals surface area (Å²) in [6.07, 6.45) is 1.82. The summed E-state index contributed by atoms with van der Waals surface area (Å²) in [6, 6.07) is 1.90. The molecule has 1 aromatic carbocycles. The van der Waals surface area contributed by atoms with Crippen LogP contribution in [0.25, 0.3) is 0 Å². The molecule has 0 aliphatic rings. The van der Waals surface area contributed by atoms with E-state index < -0.39 is 11.6 Å². The molecule has 6 heteroatoms. The van der Waals surface area contributed by atoms with Crippen LogP contribution in [0.2, 0.25) is 5.02 Å². The lowest BCUT2D eigenvalue weighted by Crippen LogP contribution is -1.94. The lowest BCUT2D eigenvalue weighted by molar-refractivity contribution is 0.575. The standard InChI is InChI=1S/C10H7ClF2N2S/c11-8-1-5(12)2-9(13)7(8)3-6-4-15-10(14)16-6/h1-2,4H,3H2,(H2,14,15). The minimum atomic E-state index is -0.685. The van der Waals surface area contributed by atoms with E-state index in [4.69, 9.17) is 17.3 Å². The van der Waals surface area contributed by atoms with Gasteiger partial charge in [-0.2, -0.15) is 0 Å². The van der Waals surface area contributed by atoms with Crippen LogP contribution in [0.1, 0.15) is 10.4 Å². The third kappa shape index (κ3) is 2.31. The van der Waals surface area contributed by atoms with Crippen molar-refractivity contribution in [2.45, 2.75) is 6.42 Å². The molecule has 2 nitrogen and oxygen atoms in total. The minimum Gasteiger partial charge on any atom is -0.375 e. The highest BCUT2D eigenvalue weighted by Crippen LogP contribution is 2.26. The van der Waals surface area contributed by atoms with Gasteiger partial charge in [0.05, 0.1) is 0 Å². The molecule has 84 valence electrons. The number of hydrogen-bond acceptors (Lipinski definition) is 3. The van der Waals surface area contributed by atoms with Gasteiger partial charge in [0.1, 0.15) is 11.6 Å². The molecule has 2 aromatic rings. The average molecular weight is 261 g/mol. The van der Waals surface area contributed by atoms with Gasteiger partial charge in [0.2, 0.25) is 0 Å². The van der Waals surface area contributed by atoms with Crippen molar-refractivity contribution in [3.63, 3.8) is 0 Å². The van der Waals surface area contributed by atoms with Crippen molar-refractivity contribution in [1.29, 1.82) is 0 Å². The van der Waals surface area contributed by atoms with Crippen molar-refractivity contribution in [3.05, 3.63) is 45.4 Å². The van der Waals surface area contributed by atoms with Crippen LogP contribution in [-0.4, -0.2) is 4.98 Å². The largest absolute Gasteiger partial charge is 0.375 e. The molecule has 16 heavy (non-hydrogen) atoms. The fourth-order valence-corrected chi connectivity index (χ4v) is 2.28. The molecule has 1 aromatic heterocycles. The SMILES string of the molecule is Nc1ncc(Cc2c(F)cc(F)cc2Cl)s1. The van der Waals surface area contributed by atoms with Crippen LogP contribution in [0.3, 0.4) is 0 Å². The first-order valence-corrected chi connectivity index (χ1v) is 5.59. The summed E-state index contributed by atoms with van der Waals surface area (Å²) in [4.78, 5) is 4.63. The highest BCUT2D eigenvalue weighted by atomic mass is 35.5. The van der Waals surface area contributed by atoms with Crippen LogP contribution in [0.15, 0.2) is 18.3 Å². The molecule has 2 rings (SSSR count). The zero-order valence-electron chi connectivity index (χ0n) is 8.01. The van der Waals surface area contributed by atoms with E-state index in [1.807, 2.05) is 0 Å². The van der Waals surface area contributed by atoms with Crippen LogP contribution < -0.4 is 5.73 Å². The quantitative estimate of drug-likeness (QED) is 0.900. The van der Waals surface area contributed by atoms with E-state index in [2.05, 4.69) is 4.98 Å². The predicted octanol–water partition coefficient (Wildman–Crippen LogP) is 3.25. The highest BCUT2D eigenvalue weighted by molar-refractivity contribution is 7.15. The van der Waals surface area contributed by atoms with E-state index in [1.54, 1.807) is 6.20 Å². The number of nitrogen functional groups attached to an aromatic ring is 1. The van der Waals surface area contributed by atoms with Gasteiger partial charge >= 0.3 is 0 Å². The topological polar surface area (TPSA) is 38.9 Å². The van der Waals surface area contributed by atoms with Crippen LogP contribution in [0.4, 0.5) is 13.9 Å². The van der Waals surface area contributed by atoms with Gasteiger partial charge in [-0.1, -0.05) is 11.6 Å². The molecule has 2 N–H and O–H groups in total. The summed E-state index contributed by atoms with van der Waals surface area (Å²) in [7, 11) is 0. The third-order valence-electron chi connectivity index (χ3n) is 2.03. The van der Waals surface area contributed by atoms with Crippen LogP contribution in [-0.2, 0) is 6.42 Å². The van der Waals surface area contributed by atoms with Crippen LogP contribution in [0.5, 0.6) is 0 Å². The Morgan fingerprint density at radius 2 is 2.12 bits per heavy atom. The molecule has 0 amide bonds. The Hall–Kier alpha value is -1.20. The Balaban J connectivity index is 2.34. The lowest BCUT2D eigenvalue weighted by atomic mass is 10.1. The molecule has 0 aliphatic carbocycles. The number of nitrogens with two attached hydrogens (primary N) is 1. The van der Waals surface area contributed by atoms with Gasteiger partial charge in [0.25, 0.3) is 0 Å². The second kappa shape index (κ2) is 4.35. The lowest BCUT2D eigenvalue weighted by Gasteiger charge is -2.04. The van der Waals surface area contributed by atoms with Gasteiger partial charge in [0.15, 0.2) is 5.13 Å². The molecule has 0 bridgehead atoms. The first-order chi connectivity index (χ1) is 7.56. The summed E-state index contributed by atoms with van der Waals surface area (Å²) in [6.45, 7) is 0. The second-order valence-electron chi connectivity index (χ2n) is 3.19. The summed E-state index contributed by atoms with van der Waals surface area (Å²) >= 11 is 7.02. The smallest absolute Gasteiger partial charge is 0.180 e. The number of thiazole rings is 1. The van der Waals surface area contributed by atoms with E-state index >= 15 is 0 Å². The molecular weight excluding hydrogens is 254 g/mol. The van der Waals surface area contributed by atoms with E-state index in [0.717, 1.165) is 17.0 Å². The summed E-state index contributed by atoms with van der Waals surface area (Å²) in [5, 5.41) is 0.484. The van der Waals surface area contributed by atoms with Crippen molar-refractivity contribution in [2.24, 2.45) is 0 Å². The first-order valence-electron chi connectivity index (χ1n) is 4.40. The van der Waals surface area contributed by atoms with Gasteiger partial charge < -0.3 is 5.73 Å². The molecule has 1 heterocycles. The molecule has 0 saturated carbocycles.